The minimum absolute atomic E-state index is 0.168. The molecule has 0 unspecified atom stereocenters. The van der Waals surface area contributed by atoms with Crippen molar-refractivity contribution >= 4 is 5.78 Å². The summed E-state index contributed by atoms with van der Waals surface area (Å²) in [5.41, 5.74) is 3.89. The number of hydrogen-bond donors (Lipinski definition) is 0. The Labute approximate surface area is 134 Å². The maximum Gasteiger partial charge on any atom is 0.215 e. The van der Waals surface area contributed by atoms with Gasteiger partial charge in [-0.15, -0.1) is 0 Å². The highest BCUT2D eigenvalue weighted by Crippen LogP contribution is 2.22. The van der Waals surface area contributed by atoms with Crippen molar-refractivity contribution in [1.29, 1.82) is 0 Å². The minimum Gasteiger partial charge on any atom is -0.489 e. The van der Waals surface area contributed by atoms with E-state index in [-0.39, 0.29) is 5.78 Å². The maximum atomic E-state index is 12.5. The monoisotopic (exact) mass is 307 g/mol. The molecule has 0 bridgehead atoms. The Hall–Kier alpha value is -2.88. The van der Waals surface area contributed by atoms with Crippen molar-refractivity contribution in [2.45, 2.75) is 20.5 Å². The zero-order valence-corrected chi connectivity index (χ0v) is 13.1. The van der Waals surface area contributed by atoms with Crippen LogP contribution in [0.3, 0.4) is 0 Å². The van der Waals surface area contributed by atoms with Crippen molar-refractivity contribution in [3.63, 3.8) is 0 Å². The SMILES string of the molecule is Cc1ccc(C)c(OCc2ccccc2C(=O)c2ccon2)c1. The lowest BCUT2D eigenvalue weighted by Crippen LogP contribution is -2.08. The lowest BCUT2D eigenvalue weighted by Gasteiger charge is -2.12. The predicted octanol–water partition coefficient (Wildman–Crippen LogP) is 4.10. The van der Waals surface area contributed by atoms with E-state index in [1.807, 2.05) is 50.2 Å². The van der Waals surface area contributed by atoms with Crippen molar-refractivity contribution in [3.8, 4) is 5.75 Å². The molecule has 0 N–H and O–H groups in total. The first-order valence-electron chi connectivity index (χ1n) is 7.38. The van der Waals surface area contributed by atoms with Crippen LogP contribution in [0.1, 0.15) is 32.7 Å². The van der Waals surface area contributed by atoms with E-state index in [1.165, 1.54) is 6.26 Å². The highest BCUT2D eigenvalue weighted by atomic mass is 16.5. The van der Waals surface area contributed by atoms with Gasteiger partial charge in [0.05, 0.1) is 0 Å². The van der Waals surface area contributed by atoms with E-state index in [1.54, 1.807) is 12.1 Å². The number of ether oxygens (including phenoxy) is 1. The molecule has 4 nitrogen and oxygen atoms in total. The van der Waals surface area contributed by atoms with Gasteiger partial charge in [-0.3, -0.25) is 4.79 Å². The lowest BCUT2D eigenvalue weighted by molar-refractivity contribution is 0.102. The molecule has 3 aromatic rings. The lowest BCUT2D eigenvalue weighted by atomic mass is 10.0. The largest absolute Gasteiger partial charge is 0.489 e. The van der Waals surface area contributed by atoms with E-state index >= 15 is 0 Å². The van der Waals surface area contributed by atoms with Crippen molar-refractivity contribution in [1.82, 2.24) is 5.16 Å². The Bertz CT molecular complexity index is 822. The first-order chi connectivity index (χ1) is 11.1. The molecule has 116 valence electrons. The fraction of sp³-hybridized carbons (Fsp3) is 0.158. The summed E-state index contributed by atoms with van der Waals surface area (Å²) in [6, 6.07) is 15.0. The van der Waals surface area contributed by atoms with Crippen molar-refractivity contribution in [2.75, 3.05) is 0 Å². The second kappa shape index (κ2) is 6.48. The minimum atomic E-state index is -0.168. The van der Waals surface area contributed by atoms with Crippen molar-refractivity contribution in [3.05, 3.63) is 82.7 Å². The third-order valence-corrected chi connectivity index (χ3v) is 3.66. The van der Waals surface area contributed by atoms with Gasteiger partial charge in [0.2, 0.25) is 5.78 Å². The average Bonchev–Trinajstić information content (AvgIpc) is 3.10. The van der Waals surface area contributed by atoms with Gasteiger partial charge < -0.3 is 9.26 Å². The summed E-state index contributed by atoms with van der Waals surface area (Å²) in [6.07, 6.45) is 1.39. The van der Waals surface area contributed by atoms with Gasteiger partial charge in [0, 0.05) is 17.2 Å². The number of aryl methyl sites for hydroxylation is 2. The summed E-state index contributed by atoms with van der Waals surface area (Å²) in [4.78, 5) is 12.5. The number of carbonyl (C=O) groups is 1. The molecule has 1 heterocycles. The van der Waals surface area contributed by atoms with Crippen LogP contribution in [-0.4, -0.2) is 10.9 Å². The van der Waals surface area contributed by atoms with Gasteiger partial charge in [0.25, 0.3) is 0 Å². The number of carbonyl (C=O) groups excluding carboxylic acids is 1. The predicted molar refractivity (Wildman–Crippen MR) is 86.6 cm³/mol. The van der Waals surface area contributed by atoms with E-state index in [9.17, 15) is 4.79 Å². The summed E-state index contributed by atoms with van der Waals surface area (Å²) in [6.45, 7) is 4.35. The molecule has 0 spiro atoms. The van der Waals surface area contributed by atoms with Gasteiger partial charge in [-0.1, -0.05) is 41.6 Å². The molecule has 23 heavy (non-hydrogen) atoms. The van der Waals surface area contributed by atoms with Crippen LogP contribution >= 0.6 is 0 Å². The van der Waals surface area contributed by atoms with E-state index in [4.69, 9.17) is 9.26 Å². The summed E-state index contributed by atoms with van der Waals surface area (Å²) >= 11 is 0. The number of hydrogen-bond acceptors (Lipinski definition) is 4. The normalized spacial score (nSPS) is 10.5. The van der Waals surface area contributed by atoms with Crippen LogP contribution in [0.25, 0.3) is 0 Å². The van der Waals surface area contributed by atoms with Crippen molar-refractivity contribution < 1.29 is 14.1 Å². The van der Waals surface area contributed by atoms with Crippen LogP contribution in [-0.2, 0) is 6.61 Å². The van der Waals surface area contributed by atoms with Gasteiger partial charge in [0.15, 0.2) is 5.69 Å². The first-order valence-corrected chi connectivity index (χ1v) is 7.38. The van der Waals surface area contributed by atoms with E-state index < -0.39 is 0 Å². The van der Waals surface area contributed by atoms with Crippen LogP contribution in [0.2, 0.25) is 0 Å². The smallest absolute Gasteiger partial charge is 0.215 e. The molecule has 1 aromatic heterocycles. The molecule has 0 aliphatic rings. The third-order valence-electron chi connectivity index (χ3n) is 3.66. The average molecular weight is 307 g/mol. The zero-order valence-electron chi connectivity index (χ0n) is 13.1. The molecule has 0 saturated heterocycles. The van der Waals surface area contributed by atoms with Gasteiger partial charge in [-0.2, -0.15) is 0 Å². The Morgan fingerprint density at radius 3 is 2.74 bits per heavy atom. The summed E-state index contributed by atoms with van der Waals surface area (Å²) in [5, 5.41) is 3.71. The molecule has 2 aromatic carbocycles. The van der Waals surface area contributed by atoms with E-state index in [0.29, 0.717) is 17.9 Å². The number of rotatable bonds is 5. The number of benzene rings is 2. The fourth-order valence-electron chi connectivity index (χ4n) is 2.35. The summed E-state index contributed by atoms with van der Waals surface area (Å²) in [5.74, 6) is 0.660. The molecule has 0 aliphatic carbocycles. The first kappa shape index (κ1) is 15.0. The second-order valence-electron chi connectivity index (χ2n) is 5.43. The molecule has 0 saturated carbocycles. The maximum absolute atomic E-state index is 12.5. The summed E-state index contributed by atoms with van der Waals surface area (Å²) in [7, 11) is 0. The molecule has 3 rings (SSSR count). The molecule has 4 heteroatoms. The topological polar surface area (TPSA) is 52.3 Å². The number of aromatic nitrogens is 1. The zero-order chi connectivity index (χ0) is 16.2. The molecule has 0 aliphatic heterocycles. The molecule has 0 atom stereocenters. The third kappa shape index (κ3) is 3.31. The quantitative estimate of drug-likeness (QED) is 0.666. The molecule has 0 amide bonds. The molecule has 0 radical (unpaired) electrons. The van der Waals surface area contributed by atoms with Crippen molar-refractivity contribution in [2.24, 2.45) is 0 Å². The number of ketones is 1. The van der Waals surface area contributed by atoms with Gasteiger partial charge >= 0.3 is 0 Å². The molecular weight excluding hydrogens is 290 g/mol. The Morgan fingerprint density at radius 1 is 1.13 bits per heavy atom. The Morgan fingerprint density at radius 2 is 1.96 bits per heavy atom. The second-order valence-corrected chi connectivity index (χ2v) is 5.43. The van der Waals surface area contributed by atoms with Crippen LogP contribution < -0.4 is 4.74 Å². The van der Waals surface area contributed by atoms with Crippen LogP contribution in [0.5, 0.6) is 5.75 Å². The van der Waals surface area contributed by atoms with E-state index in [0.717, 1.165) is 22.4 Å². The van der Waals surface area contributed by atoms with Crippen LogP contribution in [0, 0.1) is 13.8 Å². The van der Waals surface area contributed by atoms with Gasteiger partial charge in [-0.25, -0.2) is 0 Å². The Balaban J connectivity index is 1.84. The van der Waals surface area contributed by atoms with Gasteiger partial charge in [-0.05, 0) is 31.0 Å². The fourth-order valence-corrected chi connectivity index (χ4v) is 2.35. The van der Waals surface area contributed by atoms with E-state index in [2.05, 4.69) is 5.16 Å². The van der Waals surface area contributed by atoms with Crippen LogP contribution in [0.4, 0.5) is 0 Å². The van der Waals surface area contributed by atoms with Gasteiger partial charge in [0.1, 0.15) is 18.6 Å². The highest BCUT2D eigenvalue weighted by Gasteiger charge is 2.16. The standard InChI is InChI=1S/C19H17NO3/c1-13-7-8-14(2)18(11-13)22-12-15-5-3-4-6-16(15)19(21)17-9-10-23-20-17/h3-11H,12H2,1-2H3. The Kier molecular flexibility index (Phi) is 4.24. The number of nitrogens with zero attached hydrogens (tertiary/aromatic N) is 1. The summed E-state index contributed by atoms with van der Waals surface area (Å²) < 4.78 is 10.7. The highest BCUT2D eigenvalue weighted by molar-refractivity contribution is 6.08. The van der Waals surface area contributed by atoms with Crippen LogP contribution in [0.15, 0.2) is 59.3 Å². The molecule has 0 fully saturated rings. The molecular formula is C19H17NO3.